The predicted molar refractivity (Wildman–Crippen MR) is 168 cm³/mol. The van der Waals surface area contributed by atoms with Gasteiger partial charge in [0, 0.05) is 21.5 Å². The normalized spacial score (nSPS) is 12.7. The first kappa shape index (κ1) is 31.4. The third-order valence-electron chi connectivity index (χ3n) is 7.71. The first-order chi connectivity index (χ1) is 22.6. The van der Waals surface area contributed by atoms with E-state index in [1.807, 2.05) is 0 Å². The molecule has 6 aromatic carbocycles. The van der Waals surface area contributed by atoms with Crippen LogP contribution in [0.15, 0.2) is 76.3 Å². The lowest BCUT2D eigenvalue weighted by atomic mass is 9.98. The summed E-state index contributed by atoms with van der Waals surface area (Å²) < 4.78 is 73.2. The summed E-state index contributed by atoms with van der Waals surface area (Å²) >= 11 is 0.0190. The minimum Gasteiger partial charge on any atom is -0.506 e. The molecule has 0 fully saturated rings. The molecule has 0 aliphatic rings. The van der Waals surface area contributed by atoms with Crippen LogP contribution in [0.4, 0.5) is 0 Å². The largest absolute Gasteiger partial charge is 0.506 e. The molecule has 0 amide bonds. The van der Waals surface area contributed by atoms with Crippen LogP contribution in [0.25, 0.3) is 65.2 Å². The topological polar surface area (TPSA) is 282 Å². The van der Waals surface area contributed by atoms with E-state index in [4.69, 9.17) is 5.26 Å². The van der Waals surface area contributed by atoms with Gasteiger partial charge in [0.15, 0.2) is 32.4 Å². The molecular weight excluding hydrogens is 701 g/mol. The number of hydrogen-bond donors (Lipinski definition) is 5. The number of hydrogen-bond acceptors (Lipinski definition) is 16. The van der Waals surface area contributed by atoms with Gasteiger partial charge in [-0.15, -0.1) is 4.33 Å². The molecule has 0 aliphatic heterocycles. The molecule has 0 aliphatic carbocycles. The zero-order chi connectivity index (χ0) is 34.6. The highest BCUT2D eigenvalue weighted by molar-refractivity contribution is 7.95. The average Bonchev–Trinajstić information content (AvgIpc) is 3.03. The van der Waals surface area contributed by atoms with Crippen LogP contribution < -0.4 is 21.7 Å². The molecule has 7 aromatic rings. The zero-order valence-corrected chi connectivity index (χ0v) is 25.4. The second-order valence-electron chi connectivity index (χ2n) is 10.2. The Morgan fingerprint density at radius 3 is 1.67 bits per heavy atom. The monoisotopic (exact) mass is 712 g/mol. The Morgan fingerprint density at radius 1 is 0.604 bits per heavy atom. The van der Waals surface area contributed by atoms with Crippen molar-refractivity contribution in [3.63, 3.8) is 0 Å². The summed E-state index contributed by atoms with van der Waals surface area (Å²) in [7, 11) is -10.4. The summed E-state index contributed by atoms with van der Waals surface area (Å²) in [5.74, 6) is -2.40. The molecule has 0 radical (unpaired) electrons. The molecule has 0 unspecified atom stereocenters. The fourth-order valence-corrected chi connectivity index (χ4v) is 7.51. The SMILES string of the molecule is O=c1c2ccc(S(=O)(=O)O)cc2c(=O)c2c1c(O)c(SOOO)c1nc3c(nc12)c(S(=O)(=O)O)c(O)c1c(=O)c2ccccc2c(=O)c13. The highest BCUT2D eigenvalue weighted by Crippen LogP contribution is 2.43. The number of fused-ring (bicyclic) bond motifs is 8. The second-order valence-corrected chi connectivity index (χ2v) is 13.7. The van der Waals surface area contributed by atoms with Gasteiger partial charge in [-0.2, -0.15) is 16.8 Å². The summed E-state index contributed by atoms with van der Waals surface area (Å²) in [6, 6.07) is 7.70. The molecule has 242 valence electrons. The Bertz CT molecular complexity index is 3100. The Balaban J connectivity index is 1.85. The number of phenolic OH excluding ortho intramolecular Hbond substituents is 2. The summed E-state index contributed by atoms with van der Waals surface area (Å²) in [4.78, 5) is 60.5. The van der Waals surface area contributed by atoms with E-state index in [-0.39, 0.29) is 22.8 Å². The number of benzene rings is 6. The summed E-state index contributed by atoms with van der Waals surface area (Å²) in [5.41, 5.74) is -7.29. The number of rotatable bonds is 5. The number of aromatic nitrogens is 2. The molecule has 0 saturated carbocycles. The van der Waals surface area contributed by atoms with E-state index in [9.17, 15) is 55.3 Å². The third-order valence-corrected chi connectivity index (χ3v) is 10.1. The van der Waals surface area contributed by atoms with Gasteiger partial charge in [-0.1, -0.05) is 29.3 Å². The number of phenols is 2. The van der Waals surface area contributed by atoms with Crippen LogP contribution in [0.2, 0.25) is 0 Å². The van der Waals surface area contributed by atoms with Crippen molar-refractivity contribution in [2.75, 3.05) is 0 Å². The lowest BCUT2D eigenvalue weighted by molar-refractivity contribution is -0.432. The molecule has 20 heteroatoms. The molecule has 17 nitrogen and oxygen atoms in total. The van der Waals surface area contributed by atoms with Crippen LogP contribution in [0.5, 0.6) is 11.5 Å². The maximum absolute atomic E-state index is 13.9. The Kier molecular flexibility index (Phi) is 6.81. The van der Waals surface area contributed by atoms with Gasteiger partial charge in [-0.3, -0.25) is 28.3 Å². The zero-order valence-electron chi connectivity index (χ0n) is 23.0. The first-order valence-corrected chi connectivity index (χ1v) is 16.5. The predicted octanol–water partition coefficient (Wildman–Crippen LogP) is 2.05. The van der Waals surface area contributed by atoms with Crippen LogP contribution in [0.1, 0.15) is 0 Å². The van der Waals surface area contributed by atoms with Crippen LogP contribution in [0.3, 0.4) is 0 Å². The van der Waals surface area contributed by atoms with Gasteiger partial charge >= 0.3 is 10.1 Å². The van der Waals surface area contributed by atoms with Gasteiger partial charge in [0.2, 0.25) is 0 Å². The highest BCUT2D eigenvalue weighted by Gasteiger charge is 2.32. The fourth-order valence-electron chi connectivity index (χ4n) is 5.77. The van der Waals surface area contributed by atoms with Gasteiger partial charge in [-0.25, -0.2) is 15.2 Å². The van der Waals surface area contributed by atoms with E-state index in [0.717, 1.165) is 12.1 Å². The summed E-state index contributed by atoms with van der Waals surface area (Å²) in [6.45, 7) is 0. The van der Waals surface area contributed by atoms with E-state index >= 15 is 0 Å². The minimum atomic E-state index is -5.52. The first-order valence-electron chi connectivity index (χ1n) is 12.9. The fraction of sp³-hybridized carbons (Fsp3) is 0. The standard InChI is InChI=1S/C28H12N2O15S3/c31-21-9-3-1-2-4-10(9)22(32)16-14(21)18-20(28(26(16)36)48(41,42)43)30-17-13-15(25(35)27(19(17)29-18)46-45-44-37)23(33)11-6-5-8(47(38,39)40)7-12(11)24(13)34/h1-7,35-37H,(H,38,39,40)(H,41,42,43). The van der Waals surface area contributed by atoms with Gasteiger partial charge in [0.25, 0.3) is 10.1 Å². The van der Waals surface area contributed by atoms with Gasteiger partial charge in [0.1, 0.15) is 32.7 Å². The molecule has 48 heavy (non-hydrogen) atoms. The van der Waals surface area contributed by atoms with Crippen molar-refractivity contribution in [1.82, 2.24) is 9.97 Å². The van der Waals surface area contributed by atoms with Crippen LogP contribution in [0, 0.1) is 0 Å². The number of nitrogens with zero attached hydrogens (tertiary/aromatic N) is 2. The molecule has 0 saturated heterocycles. The van der Waals surface area contributed by atoms with Crippen molar-refractivity contribution in [2.45, 2.75) is 14.7 Å². The molecule has 7 rings (SSSR count). The molecule has 0 spiro atoms. The Labute approximate surface area is 267 Å². The Morgan fingerprint density at radius 2 is 1.10 bits per heavy atom. The maximum atomic E-state index is 13.9. The second kappa shape index (κ2) is 10.4. The molecule has 1 heterocycles. The molecule has 0 atom stereocenters. The smallest absolute Gasteiger partial charge is 0.300 e. The van der Waals surface area contributed by atoms with Crippen molar-refractivity contribution in [1.29, 1.82) is 0 Å². The average molecular weight is 713 g/mol. The molecule has 5 N–H and O–H groups in total. The highest BCUT2D eigenvalue weighted by atomic mass is 32.2. The van der Waals surface area contributed by atoms with E-state index in [2.05, 4.69) is 19.3 Å². The van der Waals surface area contributed by atoms with Gasteiger partial charge in [0.05, 0.1) is 38.5 Å². The van der Waals surface area contributed by atoms with Crippen LogP contribution in [-0.2, 0) is 29.6 Å². The van der Waals surface area contributed by atoms with Crippen molar-refractivity contribution < 1.29 is 50.8 Å². The lowest BCUT2D eigenvalue weighted by Gasteiger charge is -2.15. The Hall–Kier alpha value is -5.19. The van der Waals surface area contributed by atoms with Crippen LogP contribution >= 0.6 is 12.0 Å². The number of aromatic hydroxyl groups is 2. The maximum Gasteiger partial charge on any atom is 0.300 e. The van der Waals surface area contributed by atoms with Crippen molar-refractivity contribution >= 4 is 97.4 Å². The van der Waals surface area contributed by atoms with Gasteiger partial charge < -0.3 is 10.2 Å². The minimum absolute atomic E-state index is 0.0190. The molecular formula is C28H12N2O15S3. The van der Waals surface area contributed by atoms with Gasteiger partial charge in [-0.05, 0) is 18.2 Å². The lowest BCUT2D eigenvalue weighted by Crippen LogP contribution is -2.17. The van der Waals surface area contributed by atoms with Crippen molar-refractivity contribution in [3.8, 4) is 11.5 Å². The summed E-state index contributed by atoms with van der Waals surface area (Å²) in [5, 5.41) is 30.3. The third kappa shape index (κ3) is 4.29. The summed E-state index contributed by atoms with van der Waals surface area (Å²) in [6.07, 6.45) is 0. The quantitative estimate of drug-likeness (QED) is 0.0426. The molecule has 0 bridgehead atoms. The van der Waals surface area contributed by atoms with Crippen molar-refractivity contribution in [2.24, 2.45) is 0 Å². The van der Waals surface area contributed by atoms with E-state index in [1.54, 1.807) is 0 Å². The van der Waals surface area contributed by atoms with Crippen LogP contribution in [-0.4, -0.2) is 51.4 Å². The van der Waals surface area contributed by atoms with E-state index in [1.165, 1.54) is 24.3 Å². The van der Waals surface area contributed by atoms with E-state index in [0.29, 0.717) is 6.07 Å². The van der Waals surface area contributed by atoms with E-state index < -0.39 is 123 Å². The molecule has 1 aromatic heterocycles. The van der Waals surface area contributed by atoms with Crippen molar-refractivity contribution in [3.05, 3.63) is 83.4 Å².